The van der Waals surface area contributed by atoms with Crippen molar-refractivity contribution in [2.75, 3.05) is 0 Å². The van der Waals surface area contributed by atoms with Crippen LogP contribution in [0.15, 0.2) is 0 Å². The molecule has 0 heterocycles. The first-order valence-electron chi connectivity index (χ1n) is 9.70. The number of carbonyl (C=O) groups excluding carboxylic acids is 1. The van der Waals surface area contributed by atoms with E-state index in [9.17, 15) is 67.7 Å². The van der Waals surface area contributed by atoms with Crippen molar-refractivity contribution < 1.29 is 72.4 Å². The fourth-order valence-electron chi connectivity index (χ4n) is 3.75. The Kier molecular flexibility index (Phi) is 8.00. The molecule has 34 heavy (non-hydrogen) atoms. The summed E-state index contributed by atoms with van der Waals surface area (Å²) in [5.41, 5.74) is -12.9. The molecule has 0 aliphatic heterocycles. The van der Waals surface area contributed by atoms with Crippen LogP contribution in [0.1, 0.15) is 46.5 Å². The number of rotatable bonds is 5. The first-order valence-corrected chi connectivity index (χ1v) is 9.70. The van der Waals surface area contributed by atoms with Gasteiger partial charge in [0.15, 0.2) is 0 Å². The van der Waals surface area contributed by atoms with E-state index >= 15 is 0 Å². The van der Waals surface area contributed by atoms with Gasteiger partial charge >= 0.3 is 30.7 Å². The molecule has 0 amide bonds. The highest BCUT2D eigenvalue weighted by molar-refractivity contribution is 5.76. The van der Waals surface area contributed by atoms with Crippen LogP contribution >= 0.6 is 0 Å². The first-order chi connectivity index (χ1) is 14.8. The normalized spacial score (nSPS) is 24.2. The topological polar surface area (TPSA) is 66.8 Å². The van der Waals surface area contributed by atoms with E-state index in [4.69, 9.17) is 4.74 Å². The molecule has 202 valence electrons. The van der Waals surface area contributed by atoms with Crippen LogP contribution in [0.2, 0.25) is 0 Å². The van der Waals surface area contributed by atoms with Crippen molar-refractivity contribution in [3.63, 3.8) is 0 Å². The average Bonchev–Trinajstić information content (AvgIpc) is 2.62. The van der Waals surface area contributed by atoms with Crippen molar-refractivity contribution in [3.8, 4) is 0 Å². The Bertz CT molecular complexity index is 661. The molecule has 2 N–H and O–H groups in total. The molecule has 1 aliphatic rings. The molecule has 0 aromatic rings. The molecule has 16 heteroatoms. The molecular weight excluding hydrogens is 508 g/mol. The molecule has 0 spiro atoms. The van der Waals surface area contributed by atoms with Crippen molar-refractivity contribution in [1.29, 1.82) is 0 Å². The maximum atomic E-state index is 13.3. The zero-order valence-corrected chi connectivity index (χ0v) is 17.8. The highest BCUT2D eigenvalue weighted by Gasteiger charge is 2.78. The molecule has 1 rings (SSSR count). The second-order valence-corrected chi connectivity index (χ2v) is 8.89. The van der Waals surface area contributed by atoms with E-state index in [1.807, 2.05) is 0 Å². The van der Waals surface area contributed by atoms with E-state index in [2.05, 4.69) is 0 Å². The Balaban J connectivity index is 3.69. The van der Waals surface area contributed by atoms with Gasteiger partial charge in [0.25, 0.3) is 11.2 Å². The number of aliphatic hydroxyl groups is 2. The Morgan fingerprint density at radius 2 is 1.00 bits per heavy atom. The predicted octanol–water partition coefficient (Wildman–Crippen LogP) is 5.46. The van der Waals surface area contributed by atoms with Crippen molar-refractivity contribution in [3.05, 3.63) is 0 Å². The van der Waals surface area contributed by atoms with Gasteiger partial charge in [-0.3, -0.25) is 4.79 Å². The molecule has 1 fully saturated rings. The zero-order valence-electron chi connectivity index (χ0n) is 17.8. The van der Waals surface area contributed by atoms with Crippen molar-refractivity contribution in [2.45, 2.75) is 88.5 Å². The van der Waals surface area contributed by atoms with Gasteiger partial charge in [-0.2, -0.15) is 52.7 Å². The molecule has 0 bridgehead atoms. The SMILES string of the molecule is CCC(C)(C)C(=O)OC1CC(C(O)(C(F)(F)F)C(F)(F)F)CC(C(O)(C(F)(F)F)C(F)(F)F)C1. The maximum Gasteiger partial charge on any atom is 0.426 e. The maximum absolute atomic E-state index is 13.3. The summed E-state index contributed by atoms with van der Waals surface area (Å²) in [6.07, 6.45) is -34.0. The van der Waals surface area contributed by atoms with Gasteiger partial charge in [-0.05, 0) is 39.5 Å². The summed E-state index contributed by atoms with van der Waals surface area (Å²) >= 11 is 0. The second-order valence-electron chi connectivity index (χ2n) is 8.89. The van der Waals surface area contributed by atoms with Gasteiger partial charge in [-0.25, -0.2) is 0 Å². The van der Waals surface area contributed by atoms with E-state index < -0.39 is 84.5 Å². The van der Waals surface area contributed by atoms with Crippen LogP contribution in [0.4, 0.5) is 52.7 Å². The molecule has 0 aromatic heterocycles. The molecule has 1 saturated carbocycles. The van der Waals surface area contributed by atoms with E-state index in [0.717, 1.165) is 0 Å². The first kappa shape index (κ1) is 30.6. The summed E-state index contributed by atoms with van der Waals surface area (Å²) in [4.78, 5) is 12.2. The van der Waals surface area contributed by atoms with Gasteiger partial charge in [0.1, 0.15) is 6.10 Å². The van der Waals surface area contributed by atoms with Gasteiger partial charge in [-0.15, -0.1) is 0 Å². The molecule has 0 radical (unpaired) electrons. The lowest BCUT2D eigenvalue weighted by molar-refractivity contribution is -0.405. The van der Waals surface area contributed by atoms with E-state index in [1.165, 1.54) is 20.8 Å². The van der Waals surface area contributed by atoms with Gasteiger partial charge < -0.3 is 14.9 Å². The lowest BCUT2D eigenvalue weighted by atomic mass is 9.65. The molecule has 1 aliphatic carbocycles. The third kappa shape index (κ3) is 5.21. The number of ether oxygens (including phenoxy) is 1. The number of hydrogen-bond acceptors (Lipinski definition) is 4. The van der Waals surface area contributed by atoms with Crippen LogP contribution in [0, 0.1) is 17.3 Å². The summed E-state index contributed by atoms with van der Waals surface area (Å²) in [5, 5.41) is 19.2. The van der Waals surface area contributed by atoms with Crippen LogP contribution in [0.3, 0.4) is 0 Å². The van der Waals surface area contributed by atoms with E-state index in [-0.39, 0.29) is 6.42 Å². The third-order valence-corrected chi connectivity index (χ3v) is 6.28. The molecule has 2 atom stereocenters. The second kappa shape index (κ2) is 8.89. The van der Waals surface area contributed by atoms with Crippen molar-refractivity contribution in [2.24, 2.45) is 17.3 Å². The fraction of sp³-hybridized carbons (Fsp3) is 0.944. The minimum Gasteiger partial charge on any atom is -0.462 e. The Morgan fingerprint density at radius 1 is 0.706 bits per heavy atom. The number of alkyl halides is 12. The van der Waals surface area contributed by atoms with E-state index in [0.29, 0.717) is 0 Å². The van der Waals surface area contributed by atoms with E-state index in [1.54, 1.807) is 0 Å². The lowest BCUT2D eigenvalue weighted by Crippen LogP contribution is -2.67. The fourth-order valence-corrected chi connectivity index (χ4v) is 3.75. The molecule has 2 unspecified atom stereocenters. The van der Waals surface area contributed by atoms with Gasteiger partial charge in [0, 0.05) is 11.8 Å². The summed E-state index contributed by atoms with van der Waals surface area (Å²) in [6, 6.07) is 0. The highest BCUT2D eigenvalue weighted by Crippen LogP contribution is 2.58. The lowest BCUT2D eigenvalue weighted by Gasteiger charge is -2.48. The highest BCUT2D eigenvalue weighted by atomic mass is 19.4. The number of esters is 1. The number of carbonyl (C=O) groups is 1. The van der Waals surface area contributed by atoms with Crippen molar-refractivity contribution in [1.82, 2.24) is 0 Å². The summed E-state index contributed by atoms with van der Waals surface area (Å²) < 4.78 is 165. The van der Waals surface area contributed by atoms with Crippen LogP contribution in [0.5, 0.6) is 0 Å². The van der Waals surface area contributed by atoms with Crippen LogP contribution < -0.4 is 0 Å². The zero-order chi connectivity index (χ0) is 27.3. The Morgan fingerprint density at radius 3 is 1.24 bits per heavy atom. The Hall–Kier alpha value is -1.45. The summed E-state index contributed by atoms with van der Waals surface area (Å²) in [7, 11) is 0. The third-order valence-electron chi connectivity index (χ3n) is 6.28. The minimum atomic E-state index is -6.58. The molecule has 0 saturated heterocycles. The molecule has 0 aromatic carbocycles. The van der Waals surface area contributed by atoms with Crippen LogP contribution in [0.25, 0.3) is 0 Å². The van der Waals surface area contributed by atoms with Gasteiger partial charge in [-0.1, -0.05) is 6.92 Å². The quantitative estimate of drug-likeness (QED) is 0.366. The van der Waals surface area contributed by atoms with Gasteiger partial charge in [0.05, 0.1) is 5.41 Å². The monoisotopic (exact) mass is 530 g/mol. The number of halogens is 12. The average molecular weight is 530 g/mol. The minimum absolute atomic E-state index is 0.0184. The van der Waals surface area contributed by atoms with Crippen LogP contribution in [-0.2, 0) is 9.53 Å². The smallest absolute Gasteiger partial charge is 0.426 e. The summed E-state index contributed by atoms with van der Waals surface area (Å²) in [6.45, 7) is 3.82. The standard InChI is InChI=1S/C18H22F12O4/c1-4-12(2,3)11(31)34-10-6-8(13(32,15(19,20)21)16(22,23)24)5-9(7-10)14(33,17(25,26)27)18(28,29)30/h8-10,32-33H,4-7H2,1-3H3. The predicted molar refractivity (Wildman–Crippen MR) is 88.9 cm³/mol. The summed E-state index contributed by atoms with van der Waals surface area (Å²) in [5.74, 6) is -8.06. The Labute approximate surface area is 185 Å². The molecule has 4 nitrogen and oxygen atoms in total. The largest absolute Gasteiger partial charge is 0.462 e. The molecular formula is C18H22F12O4. The number of hydrogen-bond donors (Lipinski definition) is 2. The van der Waals surface area contributed by atoms with Gasteiger partial charge in [0.2, 0.25) is 0 Å². The van der Waals surface area contributed by atoms with Crippen molar-refractivity contribution >= 4 is 5.97 Å². The van der Waals surface area contributed by atoms with Crippen LogP contribution in [-0.4, -0.2) is 58.2 Å².